The summed E-state index contributed by atoms with van der Waals surface area (Å²) in [6.07, 6.45) is 0. The highest BCUT2D eigenvalue weighted by atomic mass is 32.1. The Labute approximate surface area is 138 Å². The number of methoxy groups -OCH3 is 1. The fraction of sp³-hybridized carbons (Fsp3) is 0.333. The van der Waals surface area contributed by atoms with Gasteiger partial charge in [0.1, 0.15) is 0 Å². The zero-order chi connectivity index (χ0) is 17.0. The van der Waals surface area contributed by atoms with Gasteiger partial charge in [0.05, 0.1) is 6.61 Å². The summed E-state index contributed by atoms with van der Waals surface area (Å²) >= 11 is 5.05. The zero-order valence-corrected chi connectivity index (χ0v) is 13.8. The molecule has 0 fully saturated rings. The lowest BCUT2D eigenvalue weighted by Crippen LogP contribution is -2.50. The van der Waals surface area contributed by atoms with Gasteiger partial charge < -0.3 is 14.5 Å². The summed E-state index contributed by atoms with van der Waals surface area (Å²) in [4.78, 5) is 12.2. The fourth-order valence-corrected chi connectivity index (χ4v) is 2.40. The molecule has 1 atom stereocenters. The van der Waals surface area contributed by atoms with Crippen LogP contribution in [0.5, 0.6) is 0 Å². The van der Waals surface area contributed by atoms with E-state index < -0.39 is 11.7 Å². The van der Waals surface area contributed by atoms with Gasteiger partial charge in [-0.3, -0.25) is 15.6 Å². The van der Waals surface area contributed by atoms with Crippen LogP contribution in [0.4, 0.5) is 4.39 Å². The molecule has 1 aromatic heterocycles. The van der Waals surface area contributed by atoms with Crippen molar-refractivity contribution in [1.82, 2.24) is 16.2 Å². The van der Waals surface area contributed by atoms with E-state index in [2.05, 4.69) is 16.2 Å². The van der Waals surface area contributed by atoms with Crippen LogP contribution in [0.15, 0.2) is 22.6 Å². The van der Waals surface area contributed by atoms with Crippen molar-refractivity contribution < 1.29 is 18.3 Å². The minimum Gasteiger partial charge on any atom is -0.447 e. The molecule has 2 aromatic rings. The van der Waals surface area contributed by atoms with Crippen molar-refractivity contribution in [3.63, 3.8) is 0 Å². The Kier molecular flexibility index (Phi) is 5.51. The highest BCUT2D eigenvalue weighted by Gasteiger charge is 2.19. The molecule has 0 aliphatic carbocycles. The summed E-state index contributed by atoms with van der Waals surface area (Å²) in [6, 6.07) is 4.52. The van der Waals surface area contributed by atoms with Crippen molar-refractivity contribution in [3.8, 4) is 0 Å². The van der Waals surface area contributed by atoms with Crippen LogP contribution < -0.4 is 16.2 Å². The van der Waals surface area contributed by atoms with Crippen LogP contribution in [0.25, 0.3) is 11.0 Å². The Morgan fingerprint density at radius 1 is 1.43 bits per heavy atom. The maximum atomic E-state index is 13.7. The molecule has 0 aliphatic heterocycles. The van der Waals surface area contributed by atoms with Crippen LogP contribution in [0.2, 0.25) is 0 Å². The number of amides is 1. The zero-order valence-electron chi connectivity index (χ0n) is 13.0. The van der Waals surface area contributed by atoms with Gasteiger partial charge in [-0.1, -0.05) is 12.1 Å². The van der Waals surface area contributed by atoms with Gasteiger partial charge in [0, 0.05) is 24.1 Å². The number of hydrazine groups is 1. The topological polar surface area (TPSA) is 75.5 Å². The Bertz CT molecular complexity index is 732. The highest BCUT2D eigenvalue weighted by molar-refractivity contribution is 7.80. The second-order valence-corrected chi connectivity index (χ2v) is 5.49. The molecule has 2 rings (SSSR count). The number of para-hydroxylation sites is 1. The first-order valence-electron chi connectivity index (χ1n) is 6.97. The molecule has 1 aromatic carbocycles. The number of aryl methyl sites for hydroxylation is 1. The summed E-state index contributed by atoms with van der Waals surface area (Å²) in [7, 11) is 1.58. The molecule has 0 saturated carbocycles. The highest BCUT2D eigenvalue weighted by Crippen LogP contribution is 2.26. The summed E-state index contributed by atoms with van der Waals surface area (Å²) in [5.41, 5.74) is 5.61. The lowest BCUT2D eigenvalue weighted by atomic mass is 10.1. The normalized spacial score (nSPS) is 12.0. The number of furan rings is 1. The lowest BCUT2D eigenvalue weighted by Gasteiger charge is -2.16. The van der Waals surface area contributed by atoms with Crippen molar-refractivity contribution in [2.24, 2.45) is 0 Å². The SMILES string of the molecule is COC[C@@H](C)NC(=S)NNC(=O)c1oc2c(F)cccc2c1C. The molecule has 0 bridgehead atoms. The first-order valence-corrected chi connectivity index (χ1v) is 7.38. The van der Waals surface area contributed by atoms with Crippen molar-refractivity contribution in [2.75, 3.05) is 13.7 Å². The Hall–Kier alpha value is -2.19. The number of hydrogen-bond donors (Lipinski definition) is 3. The summed E-state index contributed by atoms with van der Waals surface area (Å²) in [5, 5.41) is 3.73. The molecule has 124 valence electrons. The molecule has 0 saturated heterocycles. The van der Waals surface area contributed by atoms with E-state index in [9.17, 15) is 9.18 Å². The number of carbonyl (C=O) groups excluding carboxylic acids is 1. The fourth-order valence-electron chi connectivity index (χ4n) is 2.15. The van der Waals surface area contributed by atoms with Gasteiger partial charge in [0.25, 0.3) is 0 Å². The van der Waals surface area contributed by atoms with E-state index >= 15 is 0 Å². The molecular weight excluding hydrogens is 321 g/mol. The van der Waals surface area contributed by atoms with Gasteiger partial charge in [-0.2, -0.15) is 0 Å². The van der Waals surface area contributed by atoms with Crippen LogP contribution in [0, 0.1) is 12.7 Å². The largest absolute Gasteiger partial charge is 0.447 e. The van der Waals surface area contributed by atoms with E-state index in [0.29, 0.717) is 17.6 Å². The smallest absolute Gasteiger partial charge is 0.305 e. The number of rotatable bonds is 4. The first-order chi connectivity index (χ1) is 10.9. The van der Waals surface area contributed by atoms with Crippen molar-refractivity contribution >= 4 is 34.2 Å². The standard InChI is InChI=1S/C15H18FN3O3S/c1-8(7-21-3)17-15(23)19-18-14(20)12-9(2)10-5-4-6-11(16)13(10)22-12/h4-6,8H,7H2,1-3H3,(H,18,20)(H2,17,19,23)/t8-/m1/s1. The Balaban J connectivity index is 2.03. The second kappa shape index (κ2) is 7.38. The Morgan fingerprint density at radius 2 is 2.17 bits per heavy atom. The van der Waals surface area contributed by atoms with Crippen LogP contribution in [-0.2, 0) is 4.74 Å². The molecule has 1 heterocycles. The van der Waals surface area contributed by atoms with Gasteiger partial charge in [-0.05, 0) is 32.1 Å². The van der Waals surface area contributed by atoms with Crippen LogP contribution in [0.1, 0.15) is 23.0 Å². The molecule has 1 amide bonds. The molecule has 0 spiro atoms. The van der Waals surface area contributed by atoms with Gasteiger partial charge >= 0.3 is 5.91 Å². The predicted molar refractivity (Wildman–Crippen MR) is 88.6 cm³/mol. The number of ether oxygens (including phenoxy) is 1. The minimum absolute atomic E-state index is 0.0149. The van der Waals surface area contributed by atoms with Gasteiger partial charge in [-0.25, -0.2) is 4.39 Å². The number of fused-ring (bicyclic) bond motifs is 1. The molecule has 6 nitrogen and oxygen atoms in total. The van der Waals surface area contributed by atoms with E-state index in [1.165, 1.54) is 6.07 Å². The number of thiocarbonyl (C=S) groups is 1. The van der Waals surface area contributed by atoms with E-state index in [0.717, 1.165) is 0 Å². The summed E-state index contributed by atoms with van der Waals surface area (Å²) in [6.45, 7) is 4.04. The van der Waals surface area contributed by atoms with Crippen molar-refractivity contribution in [3.05, 3.63) is 35.3 Å². The van der Waals surface area contributed by atoms with Crippen LogP contribution in [-0.4, -0.2) is 30.8 Å². The third-order valence-corrected chi connectivity index (χ3v) is 3.43. The number of benzene rings is 1. The number of halogens is 1. The number of nitrogens with one attached hydrogen (secondary N) is 3. The van der Waals surface area contributed by atoms with E-state index in [1.807, 2.05) is 6.92 Å². The maximum absolute atomic E-state index is 13.7. The Morgan fingerprint density at radius 3 is 2.83 bits per heavy atom. The van der Waals surface area contributed by atoms with E-state index in [1.54, 1.807) is 26.2 Å². The molecule has 0 unspecified atom stereocenters. The van der Waals surface area contributed by atoms with Crippen molar-refractivity contribution in [1.29, 1.82) is 0 Å². The summed E-state index contributed by atoms with van der Waals surface area (Å²) in [5.74, 6) is -1.02. The number of hydrogen-bond acceptors (Lipinski definition) is 4. The van der Waals surface area contributed by atoms with Gasteiger partial charge in [0.2, 0.25) is 0 Å². The predicted octanol–water partition coefficient (Wildman–Crippen LogP) is 2.02. The molecule has 23 heavy (non-hydrogen) atoms. The first kappa shape index (κ1) is 17.2. The van der Waals surface area contributed by atoms with Crippen LogP contribution >= 0.6 is 12.2 Å². The van der Waals surface area contributed by atoms with E-state index in [4.69, 9.17) is 21.4 Å². The molecule has 0 radical (unpaired) electrons. The quantitative estimate of drug-likeness (QED) is 0.585. The van der Waals surface area contributed by atoms with Crippen LogP contribution in [0.3, 0.4) is 0 Å². The van der Waals surface area contributed by atoms with Gasteiger partial charge in [-0.15, -0.1) is 0 Å². The second-order valence-electron chi connectivity index (χ2n) is 5.08. The summed E-state index contributed by atoms with van der Waals surface area (Å²) < 4.78 is 24.0. The maximum Gasteiger partial charge on any atom is 0.305 e. The molecular formula is C15H18FN3O3S. The molecule has 0 aliphatic rings. The average Bonchev–Trinajstić information content (AvgIpc) is 2.84. The van der Waals surface area contributed by atoms with Gasteiger partial charge in [0.15, 0.2) is 22.3 Å². The number of carbonyl (C=O) groups is 1. The monoisotopic (exact) mass is 339 g/mol. The third-order valence-electron chi connectivity index (χ3n) is 3.21. The molecule has 3 N–H and O–H groups in total. The van der Waals surface area contributed by atoms with Crippen molar-refractivity contribution in [2.45, 2.75) is 19.9 Å². The average molecular weight is 339 g/mol. The lowest BCUT2D eigenvalue weighted by molar-refractivity contribution is 0.0916. The molecule has 8 heteroatoms. The van der Waals surface area contributed by atoms with E-state index in [-0.39, 0.29) is 22.5 Å². The minimum atomic E-state index is -0.540. The third kappa shape index (κ3) is 3.96.